The first-order chi connectivity index (χ1) is 15.7. The number of H-pyrrole nitrogens is 1. The van der Waals surface area contributed by atoms with Crippen molar-refractivity contribution >= 4 is 46.8 Å². The van der Waals surface area contributed by atoms with Crippen molar-refractivity contribution in [2.75, 3.05) is 10.6 Å². The average Bonchev–Trinajstić information content (AvgIpc) is 3.23. The number of hydrogen-bond acceptors (Lipinski definition) is 4. The van der Waals surface area contributed by atoms with Gasteiger partial charge < -0.3 is 20.7 Å². The lowest BCUT2D eigenvalue weighted by Crippen LogP contribution is -2.34. The fraction of sp³-hybridized carbons (Fsp3) is 0.0833. The third kappa shape index (κ3) is 4.24. The van der Waals surface area contributed by atoms with Crippen LogP contribution in [0.15, 0.2) is 48.5 Å². The average molecular weight is 444 g/mol. The molecule has 0 spiro atoms. The van der Waals surface area contributed by atoms with Crippen molar-refractivity contribution in [1.82, 2.24) is 10.3 Å². The summed E-state index contributed by atoms with van der Waals surface area (Å²) in [5, 5.41) is 16.9. The van der Waals surface area contributed by atoms with Gasteiger partial charge in [-0.05, 0) is 49.8 Å². The highest BCUT2D eigenvalue weighted by Gasteiger charge is 2.26. The number of carboxylic acid groups (broad SMARTS) is 1. The monoisotopic (exact) mass is 444 g/mol. The van der Waals surface area contributed by atoms with E-state index in [1.165, 1.54) is 0 Å². The molecule has 0 saturated carbocycles. The molecule has 4 amide bonds. The summed E-state index contributed by atoms with van der Waals surface area (Å²) in [6.07, 6.45) is 1.61. The smallest absolute Gasteiger partial charge is 0.337 e. The number of imide groups is 1. The van der Waals surface area contributed by atoms with Gasteiger partial charge in [-0.3, -0.25) is 14.9 Å². The van der Waals surface area contributed by atoms with Crippen molar-refractivity contribution < 1.29 is 24.3 Å². The molecule has 0 fully saturated rings. The Balaban J connectivity index is 1.54. The molecule has 0 bridgehead atoms. The van der Waals surface area contributed by atoms with Crippen molar-refractivity contribution in [3.8, 4) is 0 Å². The summed E-state index contributed by atoms with van der Waals surface area (Å²) in [5.74, 6) is -1.93. The molecule has 9 heteroatoms. The number of urea groups is 1. The van der Waals surface area contributed by atoms with Crippen LogP contribution in [0.1, 0.15) is 43.2 Å². The second-order valence-corrected chi connectivity index (χ2v) is 7.52. The van der Waals surface area contributed by atoms with Crippen LogP contribution in [0.5, 0.6) is 0 Å². The number of aromatic carboxylic acids is 1. The molecule has 166 valence electrons. The van der Waals surface area contributed by atoms with Gasteiger partial charge in [0, 0.05) is 28.2 Å². The van der Waals surface area contributed by atoms with Crippen LogP contribution in [0.25, 0.3) is 11.6 Å². The van der Waals surface area contributed by atoms with Crippen molar-refractivity contribution in [2.24, 2.45) is 0 Å². The summed E-state index contributed by atoms with van der Waals surface area (Å²) in [6, 6.07) is 12.5. The zero-order chi connectivity index (χ0) is 23.7. The number of carbonyl (C=O) groups is 4. The summed E-state index contributed by atoms with van der Waals surface area (Å²) in [5.41, 5.74) is 3.93. The highest BCUT2D eigenvalue weighted by Crippen LogP contribution is 2.35. The molecule has 2 aromatic carbocycles. The Morgan fingerprint density at radius 2 is 1.76 bits per heavy atom. The lowest BCUT2D eigenvalue weighted by Gasteiger charge is -2.08. The third-order valence-electron chi connectivity index (χ3n) is 5.30. The van der Waals surface area contributed by atoms with E-state index in [1.54, 1.807) is 68.5 Å². The van der Waals surface area contributed by atoms with E-state index in [1.807, 2.05) is 0 Å². The predicted octanol–water partition coefficient (Wildman–Crippen LogP) is 3.78. The number of aromatic nitrogens is 1. The Morgan fingerprint density at radius 1 is 1.03 bits per heavy atom. The predicted molar refractivity (Wildman–Crippen MR) is 123 cm³/mol. The first-order valence-corrected chi connectivity index (χ1v) is 10.0. The Bertz CT molecular complexity index is 1340. The van der Waals surface area contributed by atoms with Gasteiger partial charge in [-0.1, -0.05) is 24.3 Å². The Morgan fingerprint density at radius 3 is 2.42 bits per heavy atom. The molecule has 2 heterocycles. The number of benzene rings is 2. The van der Waals surface area contributed by atoms with Crippen LogP contribution in [-0.2, 0) is 4.79 Å². The zero-order valence-electron chi connectivity index (χ0n) is 17.8. The molecular weight excluding hydrogens is 424 g/mol. The maximum atomic E-state index is 12.6. The van der Waals surface area contributed by atoms with E-state index in [9.17, 15) is 24.3 Å². The minimum Gasteiger partial charge on any atom is -0.478 e. The second kappa shape index (κ2) is 8.46. The van der Waals surface area contributed by atoms with Crippen LogP contribution in [-0.4, -0.2) is 33.9 Å². The van der Waals surface area contributed by atoms with E-state index in [-0.39, 0.29) is 11.5 Å². The first kappa shape index (κ1) is 21.6. The molecule has 0 atom stereocenters. The molecule has 33 heavy (non-hydrogen) atoms. The minimum atomic E-state index is -1.04. The largest absolute Gasteiger partial charge is 0.478 e. The van der Waals surface area contributed by atoms with Gasteiger partial charge in [-0.15, -0.1) is 0 Å². The van der Waals surface area contributed by atoms with Crippen LogP contribution in [0.2, 0.25) is 0 Å². The zero-order valence-corrected chi connectivity index (χ0v) is 17.8. The van der Waals surface area contributed by atoms with Gasteiger partial charge in [0.1, 0.15) is 0 Å². The number of anilines is 2. The first-order valence-electron chi connectivity index (χ1n) is 10.0. The van der Waals surface area contributed by atoms with Gasteiger partial charge in [0.25, 0.3) is 11.8 Å². The number of carboxylic acids is 1. The topological polar surface area (TPSA) is 140 Å². The minimum absolute atomic E-state index is 0.177. The van der Waals surface area contributed by atoms with Crippen LogP contribution in [0, 0.1) is 13.8 Å². The molecule has 0 saturated heterocycles. The SMILES string of the molecule is Cc1[nH]c(/C=C2\C(=O)Nc3cc(NC(=O)NC(=O)c4ccccc4)ccc32)c(C)c1C(=O)O. The van der Waals surface area contributed by atoms with Gasteiger partial charge in [-0.25, -0.2) is 9.59 Å². The van der Waals surface area contributed by atoms with Crippen LogP contribution in [0.4, 0.5) is 16.2 Å². The Labute approximate surface area is 188 Å². The fourth-order valence-corrected chi connectivity index (χ4v) is 3.73. The molecule has 4 rings (SSSR count). The molecule has 0 radical (unpaired) electrons. The lowest BCUT2D eigenvalue weighted by molar-refractivity contribution is -0.110. The van der Waals surface area contributed by atoms with Gasteiger partial charge in [-0.2, -0.15) is 0 Å². The van der Waals surface area contributed by atoms with E-state index >= 15 is 0 Å². The van der Waals surface area contributed by atoms with Crippen LogP contribution >= 0.6 is 0 Å². The quantitative estimate of drug-likeness (QED) is 0.390. The number of amides is 4. The molecular formula is C24H20N4O5. The molecule has 9 nitrogen and oxygen atoms in total. The van der Waals surface area contributed by atoms with Crippen LogP contribution in [0.3, 0.4) is 0 Å². The number of hydrogen-bond donors (Lipinski definition) is 5. The van der Waals surface area contributed by atoms with Gasteiger partial charge in [0.05, 0.1) is 16.8 Å². The van der Waals surface area contributed by atoms with Crippen molar-refractivity contribution in [3.05, 3.63) is 82.2 Å². The number of rotatable bonds is 4. The van der Waals surface area contributed by atoms with E-state index in [0.29, 0.717) is 45.0 Å². The Kier molecular flexibility index (Phi) is 5.53. The number of carbonyl (C=O) groups excluding carboxylic acids is 3. The number of fused-ring (bicyclic) bond motifs is 1. The normalized spacial score (nSPS) is 13.4. The maximum absolute atomic E-state index is 12.6. The molecule has 3 aromatic rings. The number of aryl methyl sites for hydroxylation is 1. The molecule has 0 aliphatic carbocycles. The second-order valence-electron chi connectivity index (χ2n) is 7.52. The highest BCUT2D eigenvalue weighted by atomic mass is 16.4. The number of aromatic amines is 1. The molecule has 5 N–H and O–H groups in total. The third-order valence-corrected chi connectivity index (χ3v) is 5.30. The molecule has 1 aliphatic rings. The summed E-state index contributed by atoms with van der Waals surface area (Å²) < 4.78 is 0. The van der Waals surface area contributed by atoms with Gasteiger partial charge >= 0.3 is 12.0 Å². The molecule has 0 unspecified atom stereocenters. The molecule has 1 aromatic heterocycles. The van der Waals surface area contributed by atoms with E-state index in [2.05, 4.69) is 20.9 Å². The van der Waals surface area contributed by atoms with E-state index in [4.69, 9.17) is 0 Å². The van der Waals surface area contributed by atoms with Crippen LogP contribution < -0.4 is 16.0 Å². The van der Waals surface area contributed by atoms with Crippen molar-refractivity contribution in [1.29, 1.82) is 0 Å². The van der Waals surface area contributed by atoms with Gasteiger partial charge in [0.15, 0.2) is 0 Å². The van der Waals surface area contributed by atoms with E-state index in [0.717, 1.165) is 0 Å². The lowest BCUT2D eigenvalue weighted by atomic mass is 10.0. The summed E-state index contributed by atoms with van der Waals surface area (Å²) >= 11 is 0. The number of nitrogens with one attached hydrogen (secondary N) is 4. The summed E-state index contributed by atoms with van der Waals surface area (Å²) in [6.45, 7) is 3.34. The summed E-state index contributed by atoms with van der Waals surface area (Å²) in [7, 11) is 0. The highest BCUT2D eigenvalue weighted by molar-refractivity contribution is 6.35. The van der Waals surface area contributed by atoms with Crippen molar-refractivity contribution in [2.45, 2.75) is 13.8 Å². The van der Waals surface area contributed by atoms with Crippen molar-refractivity contribution in [3.63, 3.8) is 0 Å². The van der Waals surface area contributed by atoms with Gasteiger partial charge in [0.2, 0.25) is 0 Å². The Hall–Kier alpha value is -4.66. The summed E-state index contributed by atoms with van der Waals surface area (Å²) in [4.78, 5) is 51.3. The molecule has 1 aliphatic heterocycles. The fourth-order valence-electron chi connectivity index (χ4n) is 3.73. The maximum Gasteiger partial charge on any atom is 0.337 e. The standard InChI is InChI=1S/C24H20N4O5/c1-12-18(25-13(2)20(12)23(31)32)11-17-16-9-8-15(10-19(16)27-22(17)30)26-24(33)28-21(29)14-6-4-3-5-7-14/h3-11,25H,1-2H3,(H,27,30)(H,31,32)(H2,26,28,29,33)/b17-11-. The van der Waals surface area contributed by atoms with E-state index < -0.39 is 17.9 Å².